The first-order valence-electron chi connectivity index (χ1n) is 7.54. The summed E-state index contributed by atoms with van der Waals surface area (Å²) in [7, 11) is 1.94. The number of nitro benzene ring substituents is 1. The van der Waals surface area contributed by atoms with Gasteiger partial charge in [-0.15, -0.1) is 12.4 Å². The van der Waals surface area contributed by atoms with Crippen molar-refractivity contribution >= 4 is 29.7 Å². The topological polar surface area (TPSA) is 87.5 Å². The zero-order valence-corrected chi connectivity index (χ0v) is 14.0. The van der Waals surface area contributed by atoms with Gasteiger partial charge < -0.3 is 15.5 Å². The number of benzene rings is 1. The summed E-state index contributed by atoms with van der Waals surface area (Å²) in [5, 5.41) is 17.1. The Kier molecular flexibility index (Phi) is 7.77. The zero-order valence-electron chi connectivity index (χ0n) is 13.2. The Balaban J connectivity index is 0.00000264. The second-order valence-electron chi connectivity index (χ2n) is 5.39. The van der Waals surface area contributed by atoms with E-state index in [2.05, 4.69) is 10.6 Å². The van der Waals surface area contributed by atoms with E-state index in [1.54, 1.807) is 18.2 Å². The van der Waals surface area contributed by atoms with E-state index < -0.39 is 4.92 Å². The molecule has 1 fully saturated rings. The van der Waals surface area contributed by atoms with Crippen molar-refractivity contribution in [2.24, 2.45) is 0 Å². The number of piperidine rings is 1. The molecule has 128 valence electrons. The Morgan fingerprint density at radius 1 is 1.35 bits per heavy atom. The molecule has 0 spiro atoms. The largest absolute Gasteiger partial charge is 0.379 e. The molecule has 1 aromatic carbocycles. The molecule has 0 radical (unpaired) electrons. The van der Waals surface area contributed by atoms with Gasteiger partial charge in [-0.25, -0.2) is 0 Å². The van der Waals surface area contributed by atoms with Gasteiger partial charge in [-0.1, -0.05) is 12.1 Å². The Hall–Kier alpha value is -1.86. The minimum Gasteiger partial charge on any atom is -0.379 e. The Morgan fingerprint density at radius 2 is 2.00 bits per heavy atom. The number of halogens is 1. The van der Waals surface area contributed by atoms with Crippen LogP contribution in [0.3, 0.4) is 0 Å². The molecule has 2 rings (SSSR count). The fourth-order valence-electron chi connectivity index (χ4n) is 2.66. The smallest absolute Gasteiger partial charge is 0.292 e. The summed E-state index contributed by atoms with van der Waals surface area (Å²) in [6, 6.07) is 6.96. The highest BCUT2D eigenvalue weighted by Crippen LogP contribution is 2.23. The van der Waals surface area contributed by atoms with E-state index >= 15 is 0 Å². The highest BCUT2D eigenvalue weighted by atomic mass is 35.5. The average molecular weight is 343 g/mol. The van der Waals surface area contributed by atoms with Gasteiger partial charge in [0, 0.05) is 38.2 Å². The number of rotatable bonds is 6. The van der Waals surface area contributed by atoms with Gasteiger partial charge in [-0.2, -0.15) is 0 Å². The fraction of sp³-hybridized carbons (Fsp3) is 0.533. The standard InChI is InChI=1S/C15H22N4O3.ClH/c1-16-12-7-10-18(11-8-12)15(20)6-9-17-13-4-2-3-5-14(13)19(21)22;/h2-5,12,16-17H,6-11H2,1H3;1H. The molecule has 1 saturated heterocycles. The number of hydrogen-bond acceptors (Lipinski definition) is 5. The van der Waals surface area contributed by atoms with Gasteiger partial charge in [0.15, 0.2) is 0 Å². The zero-order chi connectivity index (χ0) is 15.9. The van der Waals surface area contributed by atoms with E-state index in [4.69, 9.17) is 0 Å². The fourth-order valence-corrected chi connectivity index (χ4v) is 2.66. The van der Waals surface area contributed by atoms with E-state index in [0.717, 1.165) is 25.9 Å². The number of carbonyl (C=O) groups excluding carboxylic acids is 1. The maximum absolute atomic E-state index is 12.1. The highest BCUT2D eigenvalue weighted by Gasteiger charge is 2.21. The summed E-state index contributed by atoms with van der Waals surface area (Å²) in [5.74, 6) is 0.0978. The summed E-state index contributed by atoms with van der Waals surface area (Å²) in [6.45, 7) is 1.95. The number of amides is 1. The number of nitro groups is 1. The molecular formula is C15H23ClN4O3. The van der Waals surface area contributed by atoms with E-state index in [1.165, 1.54) is 6.07 Å². The molecular weight excluding hydrogens is 320 g/mol. The lowest BCUT2D eigenvalue weighted by Gasteiger charge is -2.31. The van der Waals surface area contributed by atoms with Crippen LogP contribution >= 0.6 is 12.4 Å². The third-order valence-corrected chi connectivity index (χ3v) is 4.01. The lowest BCUT2D eigenvalue weighted by molar-refractivity contribution is -0.384. The SMILES string of the molecule is CNC1CCN(C(=O)CCNc2ccccc2[N+](=O)[O-])CC1.Cl. The van der Waals surface area contributed by atoms with Crippen molar-refractivity contribution in [2.75, 3.05) is 32.0 Å². The molecule has 1 aliphatic heterocycles. The molecule has 0 unspecified atom stereocenters. The monoisotopic (exact) mass is 342 g/mol. The third kappa shape index (κ3) is 5.37. The van der Waals surface area contributed by atoms with Crippen molar-refractivity contribution in [3.8, 4) is 0 Å². The van der Waals surface area contributed by atoms with Crippen LogP contribution in [-0.4, -0.2) is 48.5 Å². The summed E-state index contributed by atoms with van der Waals surface area (Å²) in [4.78, 5) is 24.5. The Labute approximate surface area is 142 Å². The molecule has 1 aromatic rings. The van der Waals surface area contributed by atoms with Crippen molar-refractivity contribution in [3.63, 3.8) is 0 Å². The molecule has 0 bridgehead atoms. The quantitative estimate of drug-likeness (QED) is 0.610. The summed E-state index contributed by atoms with van der Waals surface area (Å²) < 4.78 is 0. The van der Waals surface area contributed by atoms with Gasteiger partial charge in [0.2, 0.25) is 5.91 Å². The molecule has 0 aromatic heterocycles. The van der Waals surface area contributed by atoms with Crippen LogP contribution in [-0.2, 0) is 4.79 Å². The number of likely N-dealkylation sites (tertiary alicyclic amines) is 1. The predicted molar refractivity (Wildman–Crippen MR) is 92.1 cm³/mol. The maximum atomic E-state index is 12.1. The lowest BCUT2D eigenvalue weighted by atomic mass is 10.1. The third-order valence-electron chi connectivity index (χ3n) is 4.01. The van der Waals surface area contributed by atoms with Crippen molar-refractivity contribution in [3.05, 3.63) is 34.4 Å². The van der Waals surface area contributed by atoms with Crippen molar-refractivity contribution < 1.29 is 9.72 Å². The van der Waals surface area contributed by atoms with Gasteiger partial charge in [0.05, 0.1) is 4.92 Å². The number of anilines is 1. The second kappa shape index (κ2) is 9.32. The van der Waals surface area contributed by atoms with Gasteiger partial charge in [0.25, 0.3) is 5.69 Å². The summed E-state index contributed by atoms with van der Waals surface area (Å²) in [5.41, 5.74) is 0.485. The number of nitrogens with one attached hydrogen (secondary N) is 2. The molecule has 2 N–H and O–H groups in total. The van der Waals surface area contributed by atoms with E-state index in [1.807, 2.05) is 11.9 Å². The van der Waals surface area contributed by atoms with Gasteiger partial charge in [-0.3, -0.25) is 14.9 Å². The minimum atomic E-state index is -0.424. The molecule has 0 saturated carbocycles. The van der Waals surface area contributed by atoms with Crippen LogP contribution in [0.2, 0.25) is 0 Å². The van der Waals surface area contributed by atoms with E-state index in [9.17, 15) is 14.9 Å². The van der Waals surface area contributed by atoms with Gasteiger partial charge in [0.1, 0.15) is 5.69 Å². The minimum absolute atomic E-state index is 0. The van der Waals surface area contributed by atoms with Gasteiger partial charge >= 0.3 is 0 Å². The van der Waals surface area contributed by atoms with Crippen LogP contribution in [0.15, 0.2) is 24.3 Å². The van der Waals surface area contributed by atoms with Crippen LogP contribution in [0.5, 0.6) is 0 Å². The summed E-state index contributed by atoms with van der Waals surface area (Å²) in [6.07, 6.45) is 2.29. The molecule has 8 heteroatoms. The Bertz CT molecular complexity index is 533. The van der Waals surface area contributed by atoms with Crippen LogP contribution in [0.1, 0.15) is 19.3 Å². The number of nitrogens with zero attached hydrogens (tertiary/aromatic N) is 2. The van der Waals surface area contributed by atoms with Crippen LogP contribution in [0, 0.1) is 10.1 Å². The molecule has 1 heterocycles. The van der Waals surface area contributed by atoms with Crippen molar-refractivity contribution in [1.29, 1.82) is 0 Å². The molecule has 0 atom stereocenters. The average Bonchev–Trinajstić information content (AvgIpc) is 2.55. The second-order valence-corrected chi connectivity index (χ2v) is 5.39. The van der Waals surface area contributed by atoms with Crippen molar-refractivity contribution in [1.82, 2.24) is 10.2 Å². The van der Waals surface area contributed by atoms with E-state index in [0.29, 0.717) is 24.7 Å². The predicted octanol–water partition coefficient (Wildman–Crippen LogP) is 2.03. The number of para-hydroxylation sites is 2. The normalized spacial score (nSPS) is 14.9. The molecule has 7 nitrogen and oxygen atoms in total. The van der Waals surface area contributed by atoms with Crippen LogP contribution < -0.4 is 10.6 Å². The molecule has 0 aliphatic carbocycles. The van der Waals surface area contributed by atoms with Crippen LogP contribution in [0.4, 0.5) is 11.4 Å². The summed E-state index contributed by atoms with van der Waals surface area (Å²) >= 11 is 0. The highest BCUT2D eigenvalue weighted by molar-refractivity contribution is 5.85. The lowest BCUT2D eigenvalue weighted by Crippen LogP contribution is -2.44. The first kappa shape index (κ1) is 19.2. The maximum Gasteiger partial charge on any atom is 0.292 e. The molecule has 1 amide bonds. The number of hydrogen-bond donors (Lipinski definition) is 2. The first-order valence-corrected chi connectivity index (χ1v) is 7.54. The van der Waals surface area contributed by atoms with E-state index in [-0.39, 0.29) is 24.0 Å². The van der Waals surface area contributed by atoms with Crippen molar-refractivity contribution in [2.45, 2.75) is 25.3 Å². The van der Waals surface area contributed by atoms with Gasteiger partial charge in [-0.05, 0) is 26.0 Å². The number of carbonyl (C=O) groups is 1. The molecule has 23 heavy (non-hydrogen) atoms. The first-order chi connectivity index (χ1) is 10.6. The van der Waals surface area contributed by atoms with Crippen LogP contribution in [0.25, 0.3) is 0 Å². The molecule has 1 aliphatic rings. The Morgan fingerprint density at radius 3 is 2.61 bits per heavy atom.